The molecule has 3 nitrogen and oxygen atoms in total. The Morgan fingerprint density at radius 2 is 2.18 bits per heavy atom. The summed E-state index contributed by atoms with van der Waals surface area (Å²) in [5, 5.41) is 10.2. The van der Waals surface area contributed by atoms with Crippen LogP contribution in [0.3, 0.4) is 0 Å². The van der Waals surface area contributed by atoms with Gasteiger partial charge < -0.3 is 5.11 Å². The fraction of sp³-hybridized carbons (Fsp3) is 0.692. The van der Waals surface area contributed by atoms with Crippen LogP contribution in [0.2, 0.25) is 0 Å². The molecule has 0 saturated heterocycles. The third-order valence-electron chi connectivity index (χ3n) is 3.46. The number of nitrogens with zero attached hydrogens (tertiary/aromatic N) is 1. The Balaban J connectivity index is 2.30. The molecule has 0 radical (unpaired) electrons. The summed E-state index contributed by atoms with van der Waals surface area (Å²) in [5.74, 6) is 0.591. The third-order valence-corrected chi connectivity index (χ3v) is 4.68. The second-order valence-electron chi connectivity index (χ2n) is 5.34. The van der Waals surface area contributed by atoms with Crippen LogP contribution in [0, 0.1) is 5.92 Å². The number of carboxylic acids is 1. The number of aromatic carboxylic acids is 1. The van der Waals surface area contributed by atoms with Gasteiger partial charge in [-0.25, -0.2) is 9.78 Å². The summed E-state index contributed by atoms with van der Waals surface area (Å²) in [6.07, 6.45) is 3.55. The Hall–Kier alpha value is -0.900. The highest BCUT2D eigenvalue weighted by atomic mass is 32.1. The van der Waals surface area contributed by atoms with Gasteiger partial charge in [0.1, 0.15) is 4.88 Å². The van der Waals surface area contributed by atoms with Gasteiger partial charge in [-0.1, -0.05) is 27.2 Å². The second-order valence-corrected chi connectivity index (χ2v) is 6.37. The zero-order chi connectivity index (χ0) is 12.6. The first-order valence-electron chi connectivity index (χ1n) is 6.23. The van der Waals surface area contributed by atoms with Crippen LogP contribution in [-0.2, 0) is 0 Å². The van der Waals surface area contributed by atoms with E-state index in [0.29, 0.717) is 10.8 Å². The van der Waals surface area contributed by atoms with E-state index in [-0.39, 0.29) is 5.92 Å². The van der Waals surface area contributed by atoms with Crippen molar-refractivity contribution in [3.63, 3.8) is 0 Å². The Bertz CT molecular complexity index is 425. The lowest BCUT2D eigenvalue weighted by molar-refractivity contribution is 0.0700. The van der Waals surface area contributed by atoms with Crippen molar-refractivity contribution >= 4 is 17.3 Å². The summed E-state index contributed by atoms with van der Waals surface area (Å²) in [4.78, 5) is 16.2. The summed E-state index contributed by atoms with van der Waals surface area (Å²) in [5.41, 5.74) is 0.761. The average Bonchev–Trinajstić information content (AvgIpc) is 2.82. The number of carbonyl (C=O) groups is 1. The molecule has 1 fully saturated rings. The zero-order valence-corrected chi connectivity index (χ0v) is 11.4. The summed E-state index contributed by atoms with van der Waals surface area (Å²) in [6, 6.07) is 0. The van der Waals surface area contributed by atoms with Crippen molar-refractivity contribution in [3.8, 4) is 0 Å². The largest absolute Gasteiger partial charge is 0.477 e. The van der Waals surface area contributed by atoms with Crippen molar-refractivity contribution in [2.24, 2.45) is 5.92 Å². The lowest BCUT2D eigenvalue weighted by atomic mass is 10.1. The molecular weight excluding hydrogens is 234 g/mol. The highest BCUT2D eigenvalue weighted by molar-refractivity contribution is 7.13. The zero-order valence-electron chi connectivity index (χ0n) is 10.6. The van der Waals surface area contributed by atoms with Crippen LogP contribution >= 0.6 is 11.3 Å². The Labute approximate surface area is 106 Å². The van der Waals surface area contributed by atoms with Crippen LogP contribution < -0.4 is 0 Å². The van der Waals surface area contributed by atoms with Crippen molar-refractivity contribution in [2.45, 2.75) is 51.9 Å². The lowest BCUT2D eigenvalue weighted by Gasteiger charge is -2.04. The van der Waals surface area contributed by atoms with Gasteiger partial charge in [-0.15, -0.1) is 11.3 Å². The van der Waals surface area contributed by atoms with Crippen LogP contribution in [-0.4, -0.2) is 16.1 Å². The van der Waals surface area contributed by atoms with E-state index in [0.717, 1.165) is 29.5 Å². The van der Waals surface area contributed by atoms with Gasteiger partial charge in [0, 0.05) is 5.92 Å². The third kappa shape index (κ3) is 2.51. The normalized spacial score (nSPS) is 24.5. The molecule has 0 bridgehead atoms. The summed E-state index contributed by atoms with van der Waals surface area (Å²) >= 11 is 1.38. The molecule has 4 heteroatoms. The van der Waals surface area contributed by atoms with Crippen LogP contribution in [0.25, 0.3) is 0 Å². The Morgan fingerprint density at radius 3 is 2.59 bits per heavy atom. The van der Waals surface area contributed by atoms with E-state index in [9.17, 15) is 9.90 Å². The van der Waals surface area contributed by atoms with Crippen molar-refractivity contribution in [3.05, 3.63) is 15.6 Å². The highest BCUT2D eigenvalue weighted by Crippen LogP contribution is 2.41. The van der Waals surface area contributed by atoms with E-state index in [1.807, 2.05) is 13.8 Å². The number of thiazole rings is 1. The molecule has 1 aliphatic carbocycles. The van der Waals surface area contributed by atoms with Crippen LogP contribution in [0.4, 0.5) is 0 Å². The van der Waals surface area contributed by atoms with E-state index in [1.165, 1.54) is 17.8 Å². The molecule has 2 rings (SSSR count). The molecule has 0 aliphatic heterocycles. The molecule has 1 N–H and O–H groups in total. The van der Waals surface area contributed by atoms with Crippen LogP contribution in [0.5, 0.6) is 0 Å². The smallest absolute Gasteiger partial charge is 0.347 e. The summed E-state index contributed by atoms with van der Waals surface area (Å²) < 4.78 is 0. The molecule has 1 aromatic rings. The molecule has 1 aromatic heterocycles. The van der Waals surface area contributed by atoms with Crippen molar-refractivity contribution in [2.75, 3.05) is 0 Å². The average molecular weight is 253 g/mol. The number of aromatic nitrogens is 1. The fourth-order valence-corrected chi connectivity index (χ4v) is 3.71. The monoisotopic (exact) mass is 253 g/mol. The van der Waals surface area contributed by atoms with Gasteiger partial charge in [-0.3, -0.25) is 0 Å². The first kappa shape index (κ1) is 12.6. The van der Waals surface area contributed by atoms with Crippen molar-refractivity contribution in [1.29, 1.82) is 0 Å². The summed E-state index contributed by atoms with van der Waals surface area (Å²) in [7, 11) is 0. The van der Waals surface area contributed by atoms with Crippen LogP contribution in [0.15, 0.2) is 0 Å². The minimum atomic E-state index is -0.830. The molecule has 0 aromatic carbocycles. The van der Waals surface area contributed by atoms with Gasteiger partial charge in [0.2, 0.25) is 0 Å². The summed E-state index contributed by atoms with van der Waals surface area (Å²) in [6.45, 7) is 6.26. The maximum absolute atomic E-state index is 11.2. The second kappa shape index (κ2) is 4.77. The predicted molar refractivity (Wildman–Crippen MR) is 68.9 cm³/mol. The molecule has 2 unspecified atom stereocenters. The fourth-order valence-electron chi connectivity index (χ4n) is 2.50. The first-order chi connectivity index (χ1) is 7.99. The quantitative estimate of drug-likeness (QED) is 0.889. The van der Waals surface area contributed by atoms with Gasteiger partial charge in [0.25, 0.3) is 0 Å². The molecule has 0 amide bonds. The molecule has 94 valence electrons. The minimum absolute atomic E-state index is 0.185. The number of hydrogen-bond acceptors (Lipinski definition) is 3. The number of hydrogen-bond donors (Lipinski definition) is 1. The number of rotatable bonds is 3. The van der Waals surface area contributed by atoms with Gasteiger partial charge in [-0.05, 0) is 24.7 Å². The predicted octanol–water partition coefficient (Wildman–Crippen LogP) is 3.87. The lowest BCUT2D eigenvalue weighted by Crippen LogP contribution is -2.00. The van der Waals surface area contributed by atoms with Gasteiger partial charge in [0.05, 0.1) is 10.7 Å². The van der Waals surface area contributed by atoms with E-state index >= 15 is 0 Å². The highest BCUT2D eigenvalue weighted by Gasteiger charge is 2.28. The van der Waals surface area contributed by atoms with Gasteiger partial charge in [-0.2, -0.15) is 0 Å². The van der Waals surface area contributed by atoms with Gasteiger partial charge in [0.15, 0.2) is 0 Å². The van der Waals surface area contributed by atoms with Crippen LogP contribution in [0.1, 0.15) is 72.2 Å². The van der Waals surface area contributed by atoms with Crippen molar-refractivity contribution < 1.29 is 9.90 Å². The maximum atomic E-state index is 11.2. The molecule has 2 atom stereocenters. The Morgan fingerprint density at radius 1 is 1.47 bits per heavy atom. The maximum Gasteiger partial charge on any atom is 0.347 e. The molecular formula is C13H19NO2S. The van der Waals surface area contributed by atoms with E-state index in [4.69, 9.17) is 0 Å². The number of carboxylic acid groups (broad SMARTS) is 1. The Kier molecular flexibility index (Phi) is 3.52. The minimum Gasteiger partial charge on any atom is -0.477 e. The van der Waals surface area contributed by atoms with E-state index in [2.05, 4.69) is 11.9 Å². The van der Waals surface area contributed by atoms with E-state index in [1.54, 1.807) is 0 Å². The van der Waals surface area contributed by atoms with E-state index < -0.39 is 5.97 Å². The van der Waals surface area contributed by atoms with Crippen molar-refractivity contribution in [1.82, 2.24) is 4.98 Å². The standard InChI is InChI=1S/C13H19NO2S/c1-7(2)10-11(13(15)16)17-12(14-10)9-5-4-8(3)6-9/h7-9H,4-6H2,1-3H3,(H,15,16). The first-order valence-corrected chi connectivity index (χ1v) is 7.04. The molecule has 17 heavy (non-hydrogen) atoms. The molecule has 0 spiro atoms. The SMILES string of the molecule is CC1CCC(c2nc(C(C)C)c(C(=O)O)s2)C1. The van der Waals surface area contributed by atoms with Gasteiger partial charge >= 0.3 is 5.97 Å². The molecule has 1 aliphatic rings. The topological polar surface area (TPSA) is 50.2 Å². The molecule has 1 heterocycles. The molecule has 1 saturated carbocycles.